The first-order valence-corrected chi connectivity index (χ1v) is 3.08. The minimum absolute atomic E-state index is 0.145. The predicted molar refractivity (Wildman–Crippen MR) is 33.6 cm³/mol. The van der Waals surface area contributed by atoms with Crippen molar-refractivity contribution < 1.29 is 4.79 Å². The molecule has 0 heterocycles. The van der Waals surface area contributed by atoms with E-state index in [2.05, 4.69) is 5.32 Å². The van der Waals surface area contributed by atoms with Crippen molar-refractivity contribution in [3.63, 3.8) is 0 Å². The van der Waals surface area contributed by atoms with E-state index in [4.69, 9.17) is 0 Å². The van der Waals surface area contributed by atoms with Crippen LogP contribution >= 0.6 is 0 Å². The fourth-order valence-electron chi connectivity index (χ4n) is 0.389. The Kier molecular flexibility index (Phi) is 4.32. The van der Waals surface area contributed by atoms with E-state index in [1.54, 1.807) is 0 Å². The second-order valence-electron chi connectivity index (χ2n) is 1.70. The fourth-order valence-corrected chi connectivity index (χ4v) is 0.389. The molecule has 0 atom stereocenters. The number of carbonyl (C=O) groups is 1. The first-order valence-electron chi connectivity index (χ1n) is 3.08. The van der Waals surface area contributed by atoms with Gasteiger partial charge < -0.3 is 5.32 Å². The third-order valence-electron chi connectivity index (χ3n) is 0.893. The third kappa shape index (κ3) is 3.65. The van der Waals surface area contributed by atoms with Gasteiger partial charge in [0.05, 0.1) is 0 Å². The van der Waals surface area contributed by atoms with Crippen molar-refractivity contribution in [3.8, 4) is 0 Å². The summed E-state index contributed by atoms with van der Waals surface area (Å²) < 4.78 is 0. The Morgan fingerprint density at radius 2 is 2.12 bits per heavy atom. The molecule has 48 valence electrons. The lowest BCUT2D eigenvalue weighted by Gasteiger charge is -1.97. The number of hydrogen-bond donors (Lipinski definition) is 1. The van der Waals surface area contributed by atoms with Crippen molar-refractivity contribution in [1.82, 2.24) is 5.32 Å². The Morgan fingerprint density at radius 1 is 1.50 bits per heavy atom. The average molecular weight is 115 g/mol. The molecular formula is C6H13NO. The smallest absolute Gasteiger partial charge is 0.219 e. The minimum atomic E-state index is 0.145. The van der Waals surface area contributed by atoms with Crippen LogP contribution in [-0.4, -0.2) is 12.5 Å². The molecule has 0 fully saturated rings. The lowest BCUT2D eigenvalue weighted by molar-refractivity contribution is -0.120. The van der Waals surface area contributed by atoms with Crippen LogP contribution in [-0.2, 0) is 4.79 Å². The number of hydrogen-bond acceptors (Lipinski definition) is 1. The average Bonchev–Trinajstić information content (AvgIpc) is 1.83. The van der Waals surface area contributed by atoms with Gasteiger partial charge in [-0.15, -0.1) is 0 Å². The number of amides is 1. The highest BCUT2D eigenvalue weighted by Gasteiger charge is 1.90. The van der Waals surface area contributed by atoms with Crippen LogP contribution in [0.4, 0.5) is 0 Å². The molecule has 0 radical (unpaired) electrons. The Bertz CT molecular complexity index is 70.9. The van der Waals surface area contributed by atoms with Crippen molar-refractivity contribution in [2.75, 3.05) is 6.54 Å². The molecule has 0 saturated carbocycles. The molecule has 1 amide bonds. The second-order valence-corrected chi connectivity index (χ2v) is 1.70. The van der Waals surface area contributed by atoms with E-state index < -0.39 is 0 Å². The number of nitrogens with one attached hydrogen (secondary N) is 1. The van der Waals surface area contributed by atoms with Crippen LogP contribution in [0.25, 0.3) is 0 Å². The van der Waals surface area contributed by atoms with Gasteiger partial charge in [0.2, 0.25) is 5.91 Å². The maximum absolute atomic E-state index is 10.5. The molecule has 0 aliphatic rings. The maximum Gasteiger partial charge on any atom is 0.219 e. The summed E-state index contributed by atoms with van der Waals surface area (Å²) >= 11 is 0. The van der Waals surface area contributed by atoms with E-state index in [0.29, 0.717) is 6.42 Å². The normalized spacial score (nSPS) is 8.75. The second kappa shape index (κ2) is 4.62. The van der Waals surface area contributed by atoms with Crippen LogP contribution in [0.2, 0.25) is 0 Å². The van der Waals surface area contributed by atoms with Crippen molar-refractivity contribution in [1.29, 1.82) is 0 Å². The first kappa shape index (κ1) is 7.47. The summed E-state index contributed by atoms with van der Waals surface area (Å²) in [6, 6.07) is 0. The zero-order chi connectivity index (χ0) is 6.41. The van der Waals surface area contributed by atoms with Crippen LogP contribution in [0.3, 0.4) is 0 Å². The topological polar surface area (TPSA) is 29.1 Å². The zero-order valence-corrected chi connectivity index (χ0v) is 5.53. The first-order chi connectivity index (χ1) is 3.81. The molecule has 0 bridgehead atoms. The molecular weight excluding hydrogens is 102 g/mol. The van der Waals surface area contributed by atoms with E-state index in [9.17, 15) is 4.79 Å². The largest absolute Gasteiger partial charge is 0.356 e. The van der Waals surface area contributed by atoms with E-state index in [1.165, 1.54) is 0 Å². The molecule has 2 heteroatoms. The van der Waals surface area contributed by atoms with Gasteiger partial charge in [-0.2, -0.15) is 0 Å². The summed E-state index contributed by atoms with van der Waals surface area (Å²) in [7, 11) is 0. The summed E-state index contributed by atoms with van der Waals surface area (Å²) in [5.74, 6) is 0.145. The molecule has 0 aromatic heterocycles. The molecule has 0 unspecified atom stereocenters. The summed E-state index contributed by atoms with van der Waals surface area (Å²) in [5, 5.41) is 2.74. The van der Waals surface area contributed by atoms with Gasteiger partial charge in [-0.05, 0) is 6.42 Å². The monoisotopic (exact) mass is 115 g/mol. The van der Waals surface area contributed by atoms with E-state index in [0.717, 1.165) is 13.0 Å². The Labute approximate surface area is 50.3 Å². The van der Waals surface area contributed by atoms with Crippen LogP contribution in [0.15, 0.2) is 0 Å². The van der Waals surface area contributed by atoms with E-state index >= 15 is 0 Å². The lowest BCUT2D eigenvalue weighted by atomic mass is 10.4. The molecule has 2 nitrogen and oxygen atoms in total. The van der Waals surface area contributed by atoms with Crippen LogP contribution < -0.4 is 5.32 Å². The van der Waals surface area contributed by atoms with Gasteiger partial charge in [-0.25, -0.2) is 0 Å². The van der Waals surface area contributed by atoms with Crippen molar-refractivity contribution in [3.05, 3.63) is 0 Å². The molecule has 8 heavy (non-hydrogen) atoms. The van der Waals surface area contributed by atoms with Gasteiger partial charge in [-0.1, -0.05) is 13.8 Å². The molecule has 0 aliphatic carbocycles. The summed E-state index contributed by atoms with van der Waals surface area (Å²) in [4.78, 5) is 10.5. The van der Waals surface area contributed by atoms with E-state index in [1.807, 2.05) is 13.8 Å². The lowest BCUT2D eigenvalue weighted by Crippen LogP contribution is -2.22. The van der Waals surface area contributed by atoms with Gasteiger partial charge in [-0.3, -0.25) is 4.79 Å². The summed E-state index contributed by atoms with van der Waals surface area (Å²) in [6.45, 7) is 4.70. The van der Waals surface area contributed by atoms with Crippen LogP contribution in [0.5, 0.6) is 0 Å². The quantitative estimate of drug-likeness (QED) is 0.582. The van der Waals surface area contributed by atoms with Gasteiger partial charge in [0.15, 0.2) is 0 Å². The molecule has 0 rings (SSSR count). The number of carbonyl (C=O) groups excluding carboxylic acids is 1. The molecule has 0 saturated heterocycles. The highest BCUT2D eigenvalue weighted by molar-refractivity contribution is 5.75. The molecule has 1 N–H and O–H groups in total. The van der Waals surface area contributed by atoms with Gasteiger partial charge >= 0.3 is 0 Å². The SMILES string of the molecule is CCCNC(=O)CC. The highest BCUT2D eigenvalue weighted by Crippen LogP contribution is 1.75. The van der Waals surface area contributed by atoms with Crippen LogP contribution in [0.1, 0.15) is 26.7 Å². The van der Waals surface area contributed by atoms with Gasteiger partial charge in [0.1, 0.15) is 0 Å². The van der Waals surface area contributed by atoms with Crippen LogP contribution in [0, 0.1) is 0 Å². The van der Waals surface area contributed by atoms with Crippen molar-refractivity contribution in [2.24, 2.45) is 0 Å². The van der Waals surface area contributed by atoms with Crippen molar-refractivity contribution >= 4 is 5.91 Å². The predicted octanol–water partition coefficient (Wildman–Crippen LogP) is 0.923. The summed E-state index contributed by atoms with van der Waals surface area (Å²) in [6.07, 6.45) is 1.62. The maximum atomic E-state index is 10.5. The molecule has 0 aliphatic heterocycles. The highest BCUT2D eigenvalue weighted by atomic mass is 16.1. The van der Waals surface area contributed by atoms with E-state index in [-0.39, 0.29) is 5.91 Å². The third-order valence-corrected chi connectivity index (χ3v) is 0.893. The minimum Gasteiger partial charge on any atom is -0.356 e. The standard InChI is InChI=1S/C6H13NO/c1-3-5-7-6(8)4-2/h3-5H2,1-2H3,(H,7,8). The Morgan fingerprint density at radius 3 is 2.50 bits per heavy atom. The zero-order valence-electron chi connectivity index (χ0n) is 5.53. The number of rotatable bonds is 3. The molecule has 0 aromatic carbocycles. The Hall–Kier alpha value is -0.530. The molecule has 0 spiro atoms. The Balaban J connectivity index is 2.99. The van der Waals surface area contributed by atoms with Gasteiger partial charge in [0.25, 0.3) is 0 Å². The summed E-state index contributed by atoms with van der Waals surface area (Å²) in [5.41, 5.74) is 0. The van der Waals surface area contributed by atoms with Crippen molar-refractivity contribution in [2.45, 2.75) is 26.7 Å². The van der Waals surface area contributed by atoms with Gasteiger partial charge in [0, 0.05) is 13.0 Å². The molecule has 0 aromatic rings. The fraction of sp³-hybridized carbons (Fsp3) is 0.833.